The van der Waals surface area contributed by atoms with Crippen LogP contribution in [0.15, 0.2) is 18.6 Å². The number of aliphatic hydroxyl groups is 1. The lowest BCUT2D eigenvalue weighted by Gasteiger charge is -2.15. The summed E-state index contributed by atoms with van der Waals surface area (Å²) in [5.74, 6) is 0.944. The molecule has 7 nitrogen and oxygen atoms in total. The fraction of sp³-hybridized carbons (Fsp3) is 0.588. The van der Waals surface area contributed by atoms with Crippen LogP contribution in [-0.4, -0.2) is 43.4 Å². The molecule has 0 unspecified atom stereocenters. The first-order valence-electron chi connectivity index (χ1n) is 8.46. The average molecular weight is 331 g/mol. The quantitative estimate of drug-likeness (QED) is 0.778. The maximum Gasteiger partial charge on any atom is 0.253 e. The van der Waals surface area contributed by atoms with Crippen LogP contribution in [0.5, 0.6) is 0 Å². The summed E-state index contributed by atoms with van der Waals surface area (Å²) in [6.45, 7) is 6.61. The van der Waals surface area contributed by atoms with Gasteiger partial charge in [0, 0.05) is 36.3 Å². The van der Waals surface area contributed by atoms with Crippen molar-refractivity contribution in [2.75, 3.05) is 6.54 Å². The van der Waals surface area contributed by atoms with Crippen molar-refractivity contribution in [2.24, 2.45) is 5.92 Å². The normalized spacial score (nSPS) is 23.8. The molecule has 3 atom stereocenters. The van der Waals surface area contributed by atoms with Gasteiger partial charge in [0.2, 0.25) is 0 Å². The van der Waals surface area contributed by atoms with E-state index in [1.165, 1.54) is 6.33 Å². The number of aromatic amines is 1. The van der Waals surface area contributed by atoms with Crippen LogP contribution in [0.25, 0.3) is 0 Å². The number of H-pyrrole nitrogens is 1. The Morgan fingerprint density at radius 1 is 1.50 bits per heavy atom. The summed E-state index contributed by atoms with van der Waals surface area (Å²) in [5, 5.41) is 20.0. The van der Waals surface area contributed by atoms with Crippen molar-refractivity contribution in [2.45, 2.75) is 51.7 Å². The van der Waals surface area contributed by atoms with E-state index in [0.29, 0.717) is 24.6 Å². The highest BCUT2D eigenvalue weighted by Gasteiger charge is 2.35. The molecule has 24 heavy (non-hydrogen) atoms. The predicted molar refractivity (Wildman–Crippen MR) is 89.7 cm³/mol. The number of amides is 1. The van der Waals surface area contributed by atoms with Crippen LogP contribution >= 0.6 is 0 Å². The lowest BCUT2D eigenvalue weighted by atomic mass is 10.0. The van der Waals surface area contributed by atoms with Gasteiger partial charge in [0.15, 0.2) is 0 Å². The summed E-state index contributed by atoms with van der Waals surface area (Å²) in [5.41, 5.74) is 1.66. The second-order valence-corrected chi connectivity index (χ2v) is 6.89. The van der Waals surface area contributed by atoms with Crippen LogP contribution in [0, 0.1) is 12.8 Å². The van der Waals surface area contributed by atoms with E-state index in [1.54, 1.807) is 0 Å². The molecule has 2 aromatic heterocycles. The van der Waals surface area contributed by atoms with Crippen LogP contribution in [-0.2, 0) is 0 Å². The lowest BCUT2D eigenvalue weighted by molar-refractivity contribution is 0.0916. The summed E-state index contributed by atoms with van der Waals surface area (Å²) in [6, 6.07) is 2.18. The first-order valence-corrected chi connectivity index (χ1v) is 8.46. The van der Waals surface area contributed by atoms with Gasteiger partial charge in [0.05, 0.1) is 11.7 Å². The number of nitrogens with zero attached hydrogens (tertiary/aromatic N) is 3. The standard InChI is InChI=1S/C17H25N5O2/c1-10(2)22-5-4-14(11(22)3)17(24)18-8-13-6-12(7-15(13)23)16-19-9-20-21-16/h4-5,9-10,12-13,15,23H,6-8H2,1-3H3,(H,18,24)(H,19,20,21)/t12-,13+,15+/m1/s1. The molecule has 1 saturated carbocycles. The number of nitrogens with one attached hydrogen (secondary N) is 2. The van der Waals surface area contributed by atoms with E-state index in [9.17, 15) is 9.90 Å². The van der Waals surface area contributed by atoms with Gasteiger partial charge >= 0.3 is 0 Å². The number of hydrogen-bond donors (Lipinski definition) is 3. The third-order valence-electron chi connectivity index (χ3n) is 4.98. The minimum atomic E-state index is -0.429. The third kappa shape index (κ3) is 3.21. The molecule has 7 heteroatoms. The van der Waals surface area contributed by atoms with Crippen molar-refractivity contribution in [1.29, 1.82) is 0 Å². The summed E-state index contributed by atoms with van der Waals surface area (Å²) >= 11 is 0. The molecule has 1 amide bonds. The van der Waals surface area contributed by atoms with Crippen molar-refractivity contribution in [3.63, 3.8) is 0 Å². The van der Waals surface area contributed by atoms with Crippen molar-refractivity contribution in [3.8, 4) is 0 Å². The molecule has 0 spiro atoms. The Labute approximate surface area is 141 Å². The Kier molecular flexibility index (Phi) is 4.71. The maximum absolute atomic E-state index is 12.4. The SMILES string of the molecule is Cc1c(C(=O)NC[C@@H]2C[C@@H](c3ncn[nH]3)C[C@@H]2O)ccn1C(C)C. The summed E-state index contributed by atoms with van der Waals surface area (Å²) in [6.07, 6.45) is 4.45. The van der Waals surface area contributed by atoms with Gasteiger partial charge in [0.25, 0.3) is 5.91 Å². The van der Waals surface area contributed by atoms with Crippen molar-refractivity contribution in [1.82, 2.24) is 25.1 Å². The molecule has 1 aliphatic rings. The second-order valence-electron chi connectivity index (χ2n) is 6.89. The Bertz CT molecular complexity index is 692. The van der Waals surface area contributed by atoms with Crippen LogP contribution in [0.1, 0.15) is 60.5 Å². The molecule has 2 heterocycles. The van der Waals surface area contributed by atoms with Gasteiger partial charge in [-0.1, -0.05) is 0 Å². The van der Waals surface area contributed by atoms with E-state index in [2.05, 4.69) is 38.9 Å². The minimum absolute atomic E-state index is 0.0385. The Hall–Kier alpha value is -2.15. The van der Waals surface area contributed by atoms with Crippen molar-refractivity contribution < 1.29 is 9.90 Å². The summed E-state index contributed by atoms with van der Waals surface area (Å²) in [4.78, 5) is 16.6. The van der Waals surface area contributed by atoms with E-state index >= 15 is 0 Å². The number of aliphatic hydroxyl groups excluding tert-OH is 1. The monoisotopic (exact) mass is 331 g/mol. The highest BCUT2D eigenvalue weighted by atomic mass is 16.3. The number of carbonyl (C=O) groups is 1. The summed E-state index contributed by atoms with van der Waals surface area (Å²) < 4.78 is 2.08. The van der Waals surface area contributed by atoms with Gasteiger partial charge in [-0.25, -0.2) is 4.98 Å². The topological polar surface area (TPSA) is 95.8 Å². The number of hydrogen-bond acceptors (Lipinski definition) is 4. The molecule has 1 fully saturated rings. The number of carbonyl (C=O) groups excluding carboxylic acids is 1. The Balaban J connectivity index is 1.58. The molecular formula is C17H25N5O2. The molecule has 1 aliphatic carbocycles. The van der Waals surface area contributed by atoms with Crippen LogP contribution < -0.4 is 5.32 Å². The zero-order valence-electron chi connectivity index (χ0n) is 14.4. The number of aromatic nitrogens is 4. The van der Waals surface area contributed by atoms with Gasteiger partial charge in [-0.2, -0.15) is 5.10 Å². The van der Waals surface area contributed by atoms with Crippen molar-refractivity contribution >= 4 is 5.91 Å². The minimum Gasteiger partial charge on any atom is -0.393 e. The van der Waals surface area contributed by atoms with Gasteiger partial charge in [-0.05, 0) is 39.7 Å². The molecule has 130 valence electrons. The Morgan fingerprint density at radius 2 is 2.29 bits per heavy atom. The molecular weight excluding hydrogens is 306 g/mol. The van der Waals surface area contributed by atoms with Gasteiger partial charge in [-0.3, -0.25) is 9.89 Å². The fourth-order valence-corrected chi connectivity index (χ4v) is 3.60. The Morgan fingerprint density at radius 3 is 2.92 bits per heavy atom. The molecule has 0 bridgehead atoms. The highest BCUT2D eigenvalue weighted by molar-refractivity contribution is 5.95. The van der Waals surface area contributed by atoms with E-state index in [4.69, 9.17) is 0 Å². The first kappa shape index (κ1) is 16.7. The molecule has 0 aromatic carbocycles. The van der Waals surface area contributed by atoms with Gasteiger partial charge < -0.3 is 15.0 Å². The first-order chi connectivity index (χ1) is 11.5. The maximum atomic E-state index is 12.4. The molecule has 0 radical (unpaired) electrons. The number of rotatable bonds is 5. The largest absolute Gasteiger partial charge is 0.393 e. The van der Waals surface area contributed by atoms with E-state index in [0.717, 1.165) is 17.9 Å². The third-order valence-corrected chi connectivity index (χ3v) is 4.98. The van der Waals surface area contributed by atoms with Gasteiger partial charge in [-0.15, -0.1) is 0 Å². The summed E-state index contributed by atoms with van der Waals surface area (Å²) in [7, 11) is 0. The zero-order chi connectivity index (χ0) is 17.3. The molecule has 0 saturated heterocycles. The zero-order valence-corrected chi connectivity index (χ0v) is 14.4. The molecule has 0 aliphatic heterocycles. The van der Waals surface area contributed by atoms with E-state index in [-0.39, 0.29) is 17.7 Å². The van der Waals surface area contributed by atoms with E-state index < -0.39 is 6.10 Å². The van der Waals surface area contributed by atoms with Crippen molar-refractivity contribution in [3.05, 3.63) is 35.7 Å². The molecule has 2 aromatic rings. The van der Waals surface area contributed by atoms with Crippen LogP contribution in [0.3, 0.4) is 0 Å². The highest BCUT2D eigenvalue weighted by Crippen LogP contribution is 2.36. The molecule has 3 rings (SSSR count). The smallest absolute Gasteiger partial charge is 0.253 e. The van der Waals surface area contributed by atoms with E-state index in [1.807, 2.05) is 19.2 Å². The second kappa shape index (κ2) is 6.76. The van der Waals surface area contributed by atoms with Crippen LogP contribution in [0.4, 0.5) is 0 Å². The average Bonchev–Trinajstić information content (AvgIpc) is 3.24. The van der Waals surface area contributed by atoms with Crippen LogP contribution in [0.2, 0.25) is 0 Å². The fourth-order valence-electron chi connectivity index (χ4n) is 3.60. The van der Waals surface area contributed by atoms with Gasteiger partial charge in [0.1, 0.15) is 12.2 Å². The predicted octanol–water partition coefficient (Wildman–Crippen LogP) is 1.78. The lowest BCUT2D eigenvalue weighted by Crippen LogP contribution is -2.32. The molecule has 3 N–H and O–H groups in total.